The number of nitrogens with zero attached hydrogens (tertiary/aromatic N) is 1. The van der Waals surface area contributed by atoms with Gasteiger partial charge in [0.15, 0.2) is 0 Å². The summed E-state index contributed by atoms with van der Waals surface area (Å²) in [4.78, 5) is 34.7. The van der Waals surface area contributed by atoms with Crippen LogP contribution >= 0.6 is 0 Å². The van der Waals surface area contributed by atoms with Gasteiger partial charge in [-0.15, -0.1) is 0 Å². The molecule has 1 fully saturated rings. The van der Waals surface area contributed by atoms with Gasteiger partial charge in [-0.1, -0.05) is 19.4 Å². The SMILES string of the molecule is CCC1CCC(NC(=O)c2cc([N+](=O)[O-])ccc2C)(C(=O)O)CC1. The van der Waals surface area contributed by atoms with Crippen LogP contribution in [0, 0.1) is 23.0 Å². The number of nitrogens with one attached hydrogen (secondary N) is 1. The van der Waals surface area contributed by atoms with Crippen LogP contribution in [0.25, 0.3) is 0 Å². The van der Waals surface area contributed by atoms with Crippen molar-refractivity contribution < 1.29 is 19.6 Å². The van der Waals surface area contributed by atoms with Gasteiger partial charge < -0.3 is 10.4 Å². The Morgan fingerprint density at radius 3 is 2.50 bits per heavy atom. The van der Waals surface area contributed by atoms with Crippen LogP contribution in [-0.2, 0) is 4.79 Å². The van der Waals surface area contributed by atoms with Gasteiger partial charge in [-0.25, -0.2) is 4.79 Å². The fraction of sp³-hybridized carbons (Fsp3) is 0.529. The summed E-state index contributed by atoms with van der Waals surface area (Å²) in [6.45, 7) is 3.74. The second kappa shape index (κ2) is 6.98. The third-order valence-corrected chi connectivity index (χ3v) is 4.97. The van der Waals surface area contributed by atoms with Gasteiger partial charge in [0.1, 0.15) is 5.54 Å². The molecule has 2 rings (SSSR count). The number of carbonyl (C=O) groups is 2. The Balaban J connectivity index is 2.25. The normalized spacial score (nSPS) is 23.5. The van der Waals surface area contributed by atoms with Crippen molar-refractivity contribution in [1.82, 2.24) is 5.32 Å². The lowest BCUT2D eigenvalue weighted by Gasteiger charge is -2.37. The van der Waals surface area contributed by atoms with Gasteiger partial charge in [0, 0.05) is 17.7 Å². The number of nitro groups is 1. The Morgan fingerprint density at radius 2 is 2.00 bits per heavy atom. The zero-order chi connectivity index (χ0) is 17.9. The number of amides is 1. The van der Waals surface area contributed by atoms with Gasteiger partial charge in [0.2, 0.25) is 0 Å². The molecule has 0 heterocycles. The molecule has 7 nitrogen and oxygen atoms in total. The van der Waals surface area contributed by atoms with Gasteiger partial charge in [-0.05, 0) is 44.1 Å². The number of benzene rings is 1. The summed E-state index contributed by atoms with van der Waals surface area (Å²) >= 11 is 0. The topological polar surface area (TPSA) is 110 Å². The van der Waals surface area contributed by atoms with Crippen LogP contribution in [0.15, 0.2) is 18.2 Å². The number of non-ortho nitro benzene ring substituents is 1. The van der Waals surface area contributed by atoms with E-state index in [2.05, 4.69) is 12.2 Å². The van der Waals surface area contributed by atoms with Crippen LogP contribution in [0.5, 0.6) is 0 Å². The molecule has 24 heavy (non-hydrogen) atoms. The van der Waals surface area contributed by atoms with Crippen molar-refractivity contribution in [2.45, 2.75) is 51.5 Å². The highest BCUT2D eigenvalue weighted by molar-refractivity contribution is 5.99. The van der Waals surface area contributed by atoms with E-state index in [1.54, 1.807) is 6.92 Å². The molecule has 0 unspecified atom stereocenters. The first-order valence-electron chi connectivity index (χ1n) is 8.10. The third kappa shape index (κ3) is 3.55. The highest BCUT2D eigenvalue weighted by Crippen LogP contribution is 2.34. The Labute approximate surface area is 140 Å². The summed E-state index contributed by atoms with van der Waals surface area (Å²) in [6.07, 6.45) is 3.24. The van der Waals surface area contributed by atoms with Crippen LogP contribution in [0.3, 0.4) is 0 Å². The number of carbonyl (C=O) groups excluding carboxylic acids is 1. The molecule has 0 atom stereocenters. The van der Waals surface area contributed by atoms with Crippen LogP contribution in [-0.4, -0.2) is 27.4 Å². The standard InChI is InChI=1S/C17H22N2O5/c1-3-12-6-8-17(9-7-12,16(21)22)18-15(20)14-10-13(19(23)24)5-4-11(14)2/h4-5,10,12H,3,6-9H2,1-2H3,(H,18,20)(H,21,22). The van der Waals surface area contributed by atoms with E-state index in [9.17, 15) is 24.8 Å². The van der Waals surface area contributed by atoms with Crippen LogP contribution < -0.4 is 5.32 Å². The summed E-state index contributed by atoms with van der Waals surface area (Å²) in [5.41, 5.74) is -0.770. The van der Waals surface area contributed by atoms with Crippen LogP contribution in [0.4, 0.5) is 5.69 Å². The van der Waals surface area contributed by atoms with Gasteiger partial charge in [-0.2, -0.15) is 0 Å². The number of hydrogen-bond acceptors (Lipinski definition) is 4. The van der Waals surface area contributed by atoms with E-state index >= 15 is 0 Å². The predicted molar refractivity (Wildman–Crippen MR) is 87.9 cm³/mol. The molecule has 2 N–H and O–H groups in total. The summed E-state index contributed by atoms with van der Waals surface area (Å²) in [5, 5.41) is 23.2. The minimum Gasteiger partial charge on any atom is -0.480 e. The van der Waals surface area contributed by atoms with Gasteiger partial charge in [-0.3, -0.25) is 14.9 Å². The molecule has 1 aliphatic carbocycles. The Morgan fingerprint density at radius 1 is 1.38 bits per heavy atom. The molecule has 1 amide bonds. The zero-order valence-corrected chi connectivity index (χ0v) is 13.9. The Kier molecular flexibility index (Phi) is 5.21. The fourth-order valence-electron chi connectivity index (χ4n) is 3.22. The summed E-state index contributed by atoms with van der Waals surface area (Å²) in [5.74, 6) is -1.14. The minimum atomic E-state index is -1.29. The number of carboxylic acids is 1. The number of aliphatic carboxylic acids is 1. The van der Waals surface area contributed by atoms with Crippen molar-refractivity contribution in [1.29, 1.82) is 0 Å². The Hall–Kier alpha value is -2.44. The lowest BCUT2D eigenvalue weighted by Crippen LogP contribution is -2.56. The molecule has 7 heteroatoms. The van der Waals surface area contributed by atoms with E-state index in [4.69, 9.17) is 0 Å². The maximum atomic E-state index is 12.6. The third-order valence-electron chi connectivity index (χ3n) is 4.97. The number of rotatable bonds is 5. The molecule has 0 radical (unpaired) electrons. The van der Waals surface area contributed by atoms with Crippen molar-refractivity contribution in [3.63, 3.8) is 0 Å². The number of nitro benzene ring substituents is 1. The van der Waals surface area contributed by atoms with Crippen molar-refractivity contribution in [3.05, 3.63) is 39.4 Å². The average molecular weight is 334 g/mol. The molecule has 1 aromatic carbocycles. The predicted octanol–water partition coefficient (Wildman–Crippen LogP) is 3.06. The second-order valence-corrected chi connectivity index (χ2v) is 6.45. The van der Waals surface area contributed by atoms with Gasteiger partial charge in [0.05, 0.1) is 4.92 Å². The first kappa shape index (κ1) is 17.9. The highest BCUT2D eigenvalue weighted by atomic mass is 16.6. The molecule has 0 aliphatic heterocycles. The lowest BCUT2D eigenvalue weighted by molar-refractivity contribution is -0.384. The van der Waals surface area contributed by atoms with Crippen LogP contribution in [0.1, 0.15) is 54.9 Å². The number of aryl methyl sites for hydroxylation is 1. The second-order valence-electron chi connectivity index (χ2n) is 6.45. The highest BCUT2D eigenvalue weighted by Gasteiger charge is 2.43. The smallest absolute Gasteiger partial charge is 0.329 e. The first-order chi connectivity index (χ1) is 11.3. The quantitative estimate of drug-likeness (QED) is 0.635. The molecule has 130 valence electrons. The van der Waals surface area contributed by atoms with Crippen molar-refractivity contribution in [2.75, 3.05) is 0 Å². The van der Waals surface area contributed by atoms with Gasteiger partial charge in [0.25, 0.3) is 11.6 Å². The van der Waals surface area contributed by atoms with E-state index in [-0.39, 0.29) is 11.3 Å². The molecular formula is C17H22N2O5. The van der Waals surface area contributed by atoms with Crippen LogP contribution in [0.2, 0.25) is 0 Å². The maximum Gasteiger partial charge on any atom is 0.329 e. The molecule has 0 bridgehead atoms. The van der Waals surface area contributed by atoms with Crippen molar-refractivity contribution in [3.8, 4) is 0 Å². The van der Waals surface area contributed by atoms with E-state index in [0.717, 1.165) is 19.3 Å². The first-order valence-corrected chi connectivity index (χ1v) is 8.10. The summed E-state index contributed by atoms with van der Waals surface area (Å²) in [6, 6.07) is 4.01. The monoisotopic (exact) mass is 334 g/mol. The average Bonchev–Trinajstić information content (AvgIpc) is 2.55. The molecular weight excluding hydrogens is 312 g/mol. The van der Waals surface area contributed by atoms with E-state index in [1.807, 2.05) is 0 Å². The van der Waals surface area contributed by atoms with Gasteiger partial charge >= 0.3 is 5.97 Å². The molecule has 0 saturated heterocycles. The van der Waals surface area contributed by atoms with Crippen molar-refractivity contribution >= 4 is 17.6 Å². The maximum absolute atomic E-state index is 12.6. The summed E-state index contributed by atoms with van der Waals surface area (Å²) in [7, 11) is 0. The molecule has 0 spiro atoms. The number of carboxylic acid groups (broad SMARTS) is 1. The lowest BCUT2D eigenvalue weighted by atomic mass is 9.75. The van der Waals surface area contributed by atoms with E-state index < -0.39 is 22.3 Å². The Bertz CT molecular complexity index is 663. The van der Waals surface area contributed by atoms with Crippen molar-refractivity contribution in [2.24, 2.45) is 5.92 Å². The van der Waals surface area contributed by atoms with E-state index in [1.165, 1.54) is 18.2 Å². The zero-order valence-electron chi connectivity index (χ0n) is 13.9. The molecule has 1 aliphatic rings. The minimum absolute atomic E-state index is 0.141. The largest absolute Gasteiger partial charge is 0.480 e. The molecule has 1 aromatic rings. The molecule has 1 saturated carbocycles. The fourth-order valence-corrected chi connectivity index (χ4v) is 3.22. The summed E-state index contributed by atoms with van der Waals surface area (Å²) < 4.78 is 0. The van der Waals surface area contributed by atoms with E-state index in [0.29, 0.717) is 24.3 Å². The number of hydrogen-bond donors (Lipinski definition) is 2. The molecule has 0 aromatic heterocycles.